The van der Waals surface area contributed by atoms with E-state index in [-0.39, 0.29) is 0 Å². The number of rotatable bonds is 3. The number of anilines is 2. The van der Waals surface area contributed by atoms with Gasteiger partial charge in [-0.25, -0.2) is 9.97 Å². The third-order valence-electron chi connectivity index (χ3n) is 4.30. The lowest BCUT2D eigenvalue weighted by Crippen LogP contribution is -2.32. The van der Waals surface area contributed by atoms with Crippen molar-refractivity contribution in [3.8, 4) is 0 Å². The molecule has 116 valence electrons. The predicted molar refractivity (Wildman–Crippen MR) is 88.6 cm³/mol. The molecule has 0 bridgehead atoms. The van der Waals surface area contributed by atoms with Crippen molar-refractivity contribution in [3.05, 3.63) is 34.3 Å². The lowest BCUT2D eigenvalue weighted by Gasteiger charge is -2.28. The smallest absolute Gasteiger partial charge is 0.134 e. The second-order valence-electron chi connectivity index (χ2n) is 5.86. The zero-order chi connectivity index (χ0) is 14.8. The monoisotopic (exact) mass is 316 g/mol. The van der Waals surface area contributed by atoms with E-state index in [9.17, 15) is 0 Å². The Hall–Kier alpha value is -1.66. The fourth-order valence-corrected chi connectivity index (χ4v) is 4.00. The van der Waals surface area contributed by atoms with Crippen LogP contribution in [0, 0.1) is 0 Å². The maximum atomic E-state index is 5.52. The van der Waals surface area contributed by atoms with Gasteiger partial charge in [-0.2, -0.15) is 0 Å². The van der Waals surface area contributed by atoms with Crippen molar-refractivity contribution >= 4 is 23.0 Å². The fraction of sp³-hybridized carbons (Fsp3) is 0.500. The molecule has 2 aromatic rings. The number of thiophene rings is 1. The SMILES string of the molecule is c1nc(NC2CCCOC2)cc(N2CCc3sccc3C2)n1. The predicted octanol–water partition coefficient (Wildman–Crippen LogP) is 2.69. The van der Waals surface area contributed by atoms with Gasteiger partial charge in [0.15, 0.2) is 0 Å². The van der Waals surface area contributed by atoms with E-state index < -0.39 is 0 Å². The van der Waals surface area contributed by atoms with E-state index in [1.54, 1.807) is 6.33 Å². The molecule has 22 heavy (non-hydrogen) atoms. The summed E-state index contributed by atoms with van der Waals surface area (Å²) in [4.78, 5) is 12.7. The van der Waals surface area contributed by atoms with Crippen LogP contribution in [0.2, 0.25) is 0 Å². The fourth-order valence-electron chi connectivity index (χ4n) is 3.11. The van der Waals surface area contributed by atoms with Gasteiger partial charge < -0.3 is 15.0 Å². The molecule has 1 saturated heterocycles. The van der Waals surface area contributed by atoms with Crippen LogP contribution in [0.15, 0.2) is 23.8 Å². The molecule has 0 aliphatic carbocycles. The maximum Gasteiger partial charge on any atom is 0.134 e. The number of hydrogen-bond acceptors (Lipinski definition) is 6. The molecule has 0 saturated carbocycles. The van der Waals surface area contributed by atoms with E-state index in [0.717, 1.165) is 57.2 Å². The topological polar surface area (TPSA) is 50.3 Å². The minimum atomic E-state index is 0.362. The van der Waals surface area contributed by atoms with Crippen molar-refractivity contribution in [3.63, 3.8) is 0 Å². The molecule has 1 unspecified atom stereocenters. The first kappa shape index (κ1) is 14.0. The van der Waals surface area contributed by atoms with E-state index in [2.05, 4.69) is 37.7 Å². The van der Waals surface area contributed by atoms with E-state index in [1.807, 2.05) is 11.3 Å². The lowest BCUT2D eigenvalue weighted by atomic mass is 10.1. The first-order valence-electron chi connectivity index (χ1n) is 7.85. The van der Waals surface area contributed by atoms with Gasteiger partial charge in [0.2, 0.25) is 0 Å². The molecule has 1 fully saturated rings. The van der Waals surface area contributed by atoms with E-state index in [4.69, 9.17) is 4.74 Å². The Bertz CT molecular complexity index is 639. The molecule has 0 spiro atoms. The van der Waals surface area contributed by atoms with Crippen molar-refractivity contribution in [1.29, 1.82) is 0 Å². The number of nitrogens with zero attached hydrogens (tertiary/aromatic N) is 3. The summed E-state index contributed by atoms with van der Waals surface area (Å²) in [6.45, 7) is 3.61. The van der Waals surface area contributed by atoms with Gasteiger partial charge in [0.25, 0.3) is 0 Å². The summed E-state index contributed by atoms with van der Waals surface area (Å²) in [6.07, 6.45) is 5.02. The highest BCUT2D eigenvalue weighted by Gasteiger charge is 2.19. The molecule has 1 N–H and O–H groups in total. The van der Waals surface area contributed by atoms with Crippen molar-refractivity contribution in [1.82, 2.24) is 9.97 Å². The van der Waals surface area contributed by atoms with Gasteiger partial charge in [0.1, 0.15) is 18.0 Å². The number of hydrogen-bond donors (Lipinski definition) is 1. The second kappa shape index (κ2) is 6.22. The molecule has 4 rings (SSSR count). The Balaban J connectivity index is 1.47. The number of fused-ring (bicyclic) bond motifs is 1. The van der Waals surface area contributed by atoms with Gasteiger partial charge in [-0.1, -0.05) is 0 Å². The molecule has 0 aromatic carbocycles. The highest BCUT2D eigenvalue weighted by molar-refractivity contribution is 7.10. The van der Waals surface area contributed by atoms with Crippen molar-refractivity contribution in [2.24, 2.45) is 0 Å². The standard InChI is InChI=1S/C16H20N4OS/c1-2-13(10-21-6-1)19-15-8-16(18-11-17-15)20-5-3-14-12(9-20)4-7-22-14/h4,7-8,11,13H,1-3,5-6,9-10H2,(H,17,18,19). The Morgan fingerprint density at radius 1 is 1.36 bits per heavy atom. The van der Waals surface area contributed by atoms with Crippen molar-refractivity contribution in [2.45, 2.75) is 31.8 Å². The lowest BCUT2D eigenvalue weighted by molar-refractivity contribution is 0.0875. The third-order valence-corrected chi connectivity index (χ3v) is 5.32. The second-order valence-corrected chi connectivity index (χ2v) is 6.86. The van der Waals surface area contributed by atoms with Crippen LogP contribution in [-0.4, -0.2) is 35.8 Å². The number of ether oxygens (including phenoxy) is 1. The quantitative estimate of drug-likeness (QED) is 0.943. The molecule has 5 nitrogen and oxygen atoms in total. The summed E-state index contributed by atoms with van der Waals surface area (Å²) in [5, 5.41) is 5.66. The molecule has 2 aromatic heterocycles. The molecule has 0 amide bonds. The zero-order valence-electron chi connectivity index (χ0n) is 12.5. The van der Waals surface area contributed by atoms with Crippen LogP contribution in [0.3, 0.4) is 0 Å². The molecule has 1 atom stereocenters. The highest BCUT2D eigenvalue weighted by Crippen LogP contribution is 2.27. The summed E-state index contributed by atoms with van der Waals surface area (Å²) in [6, 6.07) is 4.65. The first-order valence-corrected chi connectivity index (χ1v) is 8.73. The Kier molecular flexibility index (Phi) is 3.95. The average molecular weight is 316 g/mol. The van der Waals surface area contributed by atoms with Gasteiger partial charge in [0.05, 0.1) is 12.6 Å². The van der Waals surface area contributed by atoms with Crippen LogP contribution < -0.4 is 10.2 Å². The molecule has 6 heteroatoms. The molecule has 2 aliphatic rings. The molecular formula is C16H20N4OS. The molecule has 2 aliphatic heterocycles. The summed E-state index contributed by atoms with van der Waals surface area (Å²) in [7, 11) is 0. The molecule has 0 radical (unpaired) electrons. The normalized spacial score (nSPS) is 21.5. The van der Waals surface area contributed by atoms with Gasteiger partial charge in [0, 0.05) is 30.6 Å². The van der Waals surface area contributed by atoms with Crippen LogP contribution in [-0.2, 0) is 17.7 Å². The maximum absolute atomic E-state index is 5.52. The van der Waals surface area contributed by atoms with Gasteiger partial charge in [-0.3, -0.25) is 0 Å². The zero-order valence-corrected chi connectivity index (χ0v) is 13.3. The van der Waals surface area contributed by atoms with Crippen LogP contribution in [0.25, 0.3) is 0 Å². The minimum Gasteiger partial charge on any atom is -0.379 e. The van der Waals surface area contributed by atoms with Crippen LogP contribution in [0.5, 0.6) is 0 Å². The largest absolute Gasteiger partial charge is 0.379 e. The third kappa shape index (κ3) is 2.94. The van der Waals surface area contributed by atoms with Crippen LogP contribution in [0.1, 0.15) is 23.3 Å². The Morgan fingerprint density at radius 2 is 2.36 bits per heavy atom. The van der Waals surface area contributed by atoms with Crippen molar-refractivity contribution in [2.75, 3.05) is 30.0 Å². The van der Waals surface area contributed by atoms with Crippen molar-refractivity contribution < 1.29 is 4.74 Å². The summed E-state index contributed by atoms with van der Waals surface area (Å²) in [5.41, 5.74) is 1.44. The van der Waals surface area contributed by atoms with Crippen LogP contribution >= 0.6 is 11.3 Å². The first-order chi connectivity index (χ1) is 10.9. The number of nitrogens with one attached hydrogen (secondary N) is 1. The van der Waals surface area contributed by atoms with E-state index in [0.29, 0.717) is 6.04 Å². The van der Waals surface area contributed by atoms with Gasteiger partial charge in [-0.15, -0.1) is 11.3 Å². The highest BCUT2D eigenvalue weighted by atomic mass is 32.1. The minimum absolute atomic E-state index is 0.362. The average Bonchev–Trinajstić information content (AvgIpc) is 3.04. The van der Waals surface area contributed by atoms with E-state index in [1.165, 1.54) is 10.4 Å². The summed E-state index contributed by atoms with van der Waals surface area (Å²) >= 11 is 1.86. The summed E-state index contributed by atoms with van der Waals surface area (Å²) < 4.78 is 5.52. The Labute approximate surface area is 134 Å². The summed E-state index contributed by atoms with van der Waals surface area (Å²) in [5.74, 6) is 1.91. The van der Waals surface area contributed by atoms with Gasteiger partial charge >= 0.3 is 0 Å². The molecular weight excluding hydrogens is 296 g/mol. The van der Waals surface area contributed by atoms with Gasteiger partial charge in [-0.05, 0) is 36.3 Å². The van der Waals surface area contributed by atoms with E-state index >= 15 is 0 Å². The number of aromatic nitrogens is 2. The molecule has 4 heterocycles. The van der Waals surface area contributed by atoms with Crippen LogP contribution in [0.4, 0.5) is 11.6 Å². The Morgan fingerprint density at radius 3 is 3.27 bits per heavy atom.